The molecule has 4 nitrogen and oxygen atoms in total. The van der Waals surface area contributed by atoms with Crippen LogP contribution in [-0.4, -0.2) is 5.91 Å². The molecule has 0 aliphatic carbocycles. The Kier molecular flexibility index (Phi) is 1.75. The fraction of sp³-hybridized carbons (Fsp3) is 0.500. The van der Waals surface area contributed by atoms with Crippen LogP contribution >= 0.6 is 0 Å². The highest BCUT2D eigenvalue weighted by Gasteiger charge is 1.91. The van der Waals surface area contributed by atoms with Crippen LogP contribution in [0.25, 0.3) is 5.08 Å². The van der Waals surface area contributed by atoms with Crippen molar-refractivity contribution in [2.24, 2.45) is 0 Å². The minimum atomic E-state index is -0.377. The van der Waals surface area contributed by atoms with Gasteiger partial charge in [-0.1, -0.05) is 0 Å². The molecule has 0 bridgehead atoms. The Morgan fingerprint density at radius 2 is 2.50 bits per heavy atom. The molecule has 6 heavy (non-hydrogen) atoms. The quantitative estimate of drug-likeness (QED) is 0.330. The van der Waals surface area contributed by atoms with E-state index in [0.29, 0.717) is 0 Å². The molecule has 0 spiro atoms. The third-order valence-electron chi connectivity index (χ3n) is 0.207. The van der Waals surface area contributed by atoms with Crippen LogP contribution in [0.5, 0.6) is 0 Å². The van der Waals surface area contributed by atoms with Crippen molar-refractivity contribution in [1.29, 1.82) is 5.39 Å². The van der Waals surface area contributed by atoms with E-state index in [-0.39, 0.29) is 5.91 Å². The van der Waals surface area contributed by atoms with Crippen LogP contribution in [0.3, 0.4) is 0 Å². The summed E-state index contributed by atoms with van der Waals surface area (Å²) in [4.78, 5) is 9.68. The Balaban J connectivity index is 3.13. The van der Waals surface area contributed by atoms with Crippen molar-refractivity contribution in [3.63, 3.8) is 0 Å². The topological polar surface area (TPSA) is 57.2 Å². The monoisotopic (exact) mass is 86.0 g/mol. The molecule has 0 fully saturated rings. The van der Waals surface area contributed by atoms with Gasteiger partial charge in [0.2, 0.25) is 0 Å². The number of hydrogen-bond donors (Lipinski definition) is 1. The van der Waals surface area contributed by atoms with Crippen molar-refractivity contribution < 1.29 is 4.79 Å². The van der Waals surface area contributed by atoms with E-state index in [2.05, 4.69) is 5.08 Å². The van der Waals surface area contributed by atoms with Gasteiger partial charge >= 0.3 is 5.08 Å². The lowest BCUT2D eigenvalue weighted by Crippen LogP contribution is -2.08. The first-order valence-corrected chi connectivity index (χ1v) is 1.38. The maximum atomic E-state index is 9.68. The lowest BCUT2D eigenvalue weighted by molar-refractivity contribution is -0.118. The summed E-state index contributed by atoms with van der Waals surface area (Å²) >= 11 is 0. The molecule has 0 aromatic rings. The van der Waals surface area contributed by atoms with E-state index in [1.54, 1.807) is 5.43 Å². The molecular formula is C2H4N3O+. The minimum absolute atomic E-state index is 0.377. The van der Waals surface area contributed by atoms with Crippen LogP contribution in [0.2, 0.25) is 0 Å². The van der Waals surface area contributed by atoms with Crippen LogP contribution in [-0.2, 0) is 4.79 Å². The SMILES string of the molecule is CC(=O)N[N+]#N. The lowest BCUT2D eigenvalue weighted by Gasteiger charge is -1.62. The van der Waals surface area contributed by atoms with Gasteiger partial charge < -0.3 is 0 Å². The number of hydrogen-bond acceptors (Lipinski definition) is 2. The van der Waals surface area contributed by atoms with E-state index in [1.807, 2.05) is 0 Å². The van der Waals surface area contributed by atoms with Gasteiger partial charge in [-0.15, -0.1) is 0 Å². The number of nitrogens with one attached hydrogen (secondary N) is 1. The van der Waals surface area contributed by atoms with Crippen molar-refractivity contribution >= 4 is 5.91 Å². The molecule has 0 unspecified atom stereocenters. The van der Waals surface area contributed by atoms with Gasteiger partial charge in [0.15, 0.2) is 0 Å². The van der Waals surface area contributed by atoms with Crippen LogP contribution in [0.4, 0.5) is 0 Å². The van der Waals surface area contributed by atoms with Crippen LogP contribution < -0.4 is 5.43 Å². The molecule has 0 saturated heterocycles. The highest BCUT2D eigenvalue weighted by molar-refractivity contribution is 5.73. The number of diazo groups is 1. The zero-order valence-electron chi connectivity index (χ0n) is 3.30. The molecule has 32 valence electrons. The van der Waals surface area contributed by atoms with Gasteiger partial charge in [-0.25, -0.2) is 0 Å². The van der Waals surface area contributed by atoms with Crippen molar-refractivity contribution in [2.45, 2.75) is 6.92 Å². The first-order valence-electron chi connectivity index (χ1n) is 1.38. The number of nitrogens with zero attached hydrogens (tertiary/aromatic N) is 2. The third-order valence-corrected chi connectivity index (χ3v) is 0.207. The van der Waals surface area contributed by atoms with E-state index >= 15 is 0 Å². The van der Waals surface area contributed by atoms with Gasteiger partial charge in [-0.2, -0.15) is 0 Å². The normalized spacial score (nSPS) is 6.00. The van der Waals surface area contributed by atoms with Gasteiger partial charge in [-0.3, -0.25) is 4.79 Å². The van der Waals surface area contributed by atoms with Gasteiger partial charge in [0.05, 0.1) is 0 Å². The van der Waals surface area contributed by atoms with Crippen LogP contribution in [0.15, 0.2) is 0 Å². The average Bonchev–Trinajstić information content (AvgIpc) is 1.35. The Hall–Kier alpha value is -1.11. The molecule has 0 aliphatic rings. The summed E-state index contributed by atoms with van der Waals surface area (Å²) in [7, 11) is 0. The molecule has 1 amide bonds. The molecule has 0 heterocycles. The molecule has 1 N–H and O–H groups in total. The number of rotatable bonds is 0. The van der Waals surface area contributed by atoms with Crippen LogP contribution in [0.1, 0.15) is 6.92 Å². The summed E-state index contributed by atoms with van der Waals surface area (Å²) in [5.74, 6) is -0.377. The van der Waals surface area contributed by atoms with E-state index in [9.17, 15) is 4.79 Å². The smallest absolute Gasteiger partial charge is 0.268 e. The summed E-state index contributed by atoms with van der Waals surface area (Å²) in [6, 6.07) is 0. The Morgan fingerprint density at radius 3 is 2.50 bits per heavy atom. The predicted octanol–water partition coefficient (Wildman–Crippen LogP) is -0.109. The molecule has 4 heteroatoms. The van der Waals surface area contributed by atoms with E-state index in [0.717, 1.165) is 0 Å². The van der Waals surface area contributed by atoms with Crippen LogP contribution in [0, 0.1) is 5.39 Å². The average molecular weight is 86.1 g/mol. The Bertz CT molecular complexity index is 91.5. The maximum Gasteiger partial charge on any atom is 0.311 e. The summed E-state index contributed by atoms with van der Waals surface area (Å²) in [6.07, 6.45) is 0. The number of carbonyl (C=O) groups is 1. The predicted molar refractivity (Wildman–Crippen MR) is 18.9 cm³/mol. The van der Waals surface area contributed by atoms with Gasteiger partial charge in [0, 0.05) is 12.3 Å². The van der Waals surface area contributed by atoms with Crippen molar-refractivity contribution in [3.8, 4) is 0 Å². The molecular weight excluding hydrogens is 82.0 g/mol. The summed E-state index contributed by atoms with van der Waals surface area (Å²) in [5.41, 5.74) is 1.75. The zero-order valence-corrected chi connectivity index (χ0v) is 3.30. The fourth-order valence-electron chi connectivity index (χ4n) is 0.0704. The molecule has 0 saturated carbocycles. The largest absolute Gasteiger partial charge is 0.311 e. The maximum absolute atomic E-state index is 9.68. The minimum Gasteiger partial charge on any atom is -0.268 e. The highest BCUT2D eigenvalue weighted by atomic mass is 16.2. The second-order valence-electron chi connectivity index (χ2n) is 0.768. The molecule has 0 rings (SSSR count). The van der Waals surface area contributed by atoms with E-state index in [4.69, 9.17) is 5.39 Å². The van der Waals surface area contributed by atoms with Gasteiger partial charge in [0.25, 0.3) is 11.3 Å². The molecule has 0 atom stereocenters. The van der Waals surface area contributed by atoms with Crippen molar-refractivity contribution in [3.05, 3.63) is 5.08 Å². The second kappa shape index (κ2) is 2.15. The van der Waals surface area contributed by atoms with E-state index in [1.165, 1.54) is 6.92 Å². The highest BCUT2D eigenvalue weighted by Crippen LogP contribution is 1.53. The number of amides is 1. The summed E-state index contributed by atoms with van der Waals surface area (Å²) < 4.78 is 0. The number of carbonyl (C=O) groups excluding carboxylic acids is 1. The van der Waals surface area contributed by atoms with Crippen molar-refractivity contribution in [1.82, 2.24) is 5.43 Å². The molecule has 0 aromatic carbocycles. The first kappa shape index (κ1) is 4.89. The molecule has 0 aromatic heterocycles. The molecule has 0 aliphatic heterocycles. The Morgan fingerprint density at radius 1 is 2.00 bits per heavy atom. The first-order chi connectivity index (χ1) is 2.77. The van der Waals surface area contributed by atoms with Gasteiger partial charge in [-0.05, 0) is 0 Å². The van der Waals surface area contributed by atoms with E-state index < -0.39 is 0 Å². The summed E-state index contributed by atoms with van der Waals surface area (Å²) in [6.45, 7) is 1.25. The van der Waals surface area contributed by atoms with Gasteiger partial charge in [0.1, 0.15) is 0 Å². The fourth-order valence-corrected chi connectivity index (χ4v) is 0.0704. The molecule has 0 radical (unpaired) electrons. The van der Waals surface area contributed by atoms with Crippen molar-refractivity contribution in [2.75, 3.05) is 0 Å². The Labute approximate surface area is 34.7 Å². The lowest BCUT2D eigenvalue weighted by atomic mass is 10.8. The summed E-state index contributed by atoms with van der Waals surface area (Å²) in [5, 5.41) is 9.87. The second-order valence-corrected chi connectivity index (χ2v) is 0.768. The third kappa shape index (κ3) is 2.89. The zero-order chi connectivity index (χ0) is 4.99. The standard InChI is InChI=1S/C2H3N3O/c1-2(6)4-5-3/h1H3/p+1.